The lowest BCUT2D eigenvalue weighted by Crippen LogP contribution is -2.07. The standard InChI is InChI=1S/C9H16O/c1-4-9(2,3)7-5-6-8-10/h5-6,8H,4,7H2,1-3H3. The molecule has 0 amide bonds. The van der Waals surface area contributed by atoms with Crippen LogP contribution in [0.4, 0.5) is 0 Å². The fourth-order valence-electron chi connectivity index (χ4n) is 0.587. The minimum Gasteiger partial charge on any atom is -0.299 e. The van der Waals surface area contributed by atoms with Crippen LogP contribution in [0.5, 0.6) is 0 Å². The molecule has 0 fully saturated rings. The van der Waals surface area contributed by atoms with E-state index < -0.39 is 0 Å². The number of hydrogen-bond donors (Lipinski definition) is 0. The van der Waals surface area contributed by atoms with Crippen molar-refractivity contribution in [1.29, 1.82) is 0 Å². The molecule has 0 radical (unpaired) electrons. The van der Waals surface area contributed by atoms with Gasteiger partial charge < -0.3 is 0 Å². The minimum atomic E-state index is 0.347. The fourth-order valence-corrected chi connectivity index (χ4v) is 0.587. The number of carbonyl (C=O) groups excluding carboxylic acids is 1. The van der Waals surface area contributed by atoms with E-state index >= 15 is 0 Å². The highest BCUT2D eigenvalue weighted by Crippen LogP contribution is 2.24. The van der Waals surface area contributed by atoms with Crippen LogP contribution in [-0.2, 0) is 4.79 Å². The first-order valence-corrected chi connectivity index (χ1v) is 3.72. The highest BCUT2D eigenvalue weighted by atomic mass is 16.1. The van der Waals surface area contributed by atoms with Crippen molar-refractivity contribution in [3.63, 3.8) is 0 Å². The van der Waals surface area contributed by atoms with E-state index in [1.54, 1.807) is 6.08 Å². The van der Waals surface area contributed by atoms with Gasteiger partial charge in [0.25, 0.3) is 0 Å². The van der Waals surface area contributed by atoms with Crippen LogP contribution in [-0.4, -0.2) is 6.29 Å². The van der Waals surface area contributed by atoms with Crippen LogP contribution < -0.4 is 0 Å². The van der Waals surface area contributed by atoms with Gasteiger partial charge in [-0.3, -0.25) is 4.79 Å². The van der Waals surface area contributed by atoms with Crippen LogP contribution in [0.2, 0.25) is 0 Å². The van der Waals surface area contributed by atoms with Crippen LogP contribution in [0.3, 0.4) is 0 Å². The lowest BCUT2D eigenvalue weighted by molar-refractivity contribution is -0.104. The summed E-state index contributed by atoms with van der Waals surface area (Å²) in [6.45, 7) is 6.55. The lowest BCUT2D eigenvalue weighted by Gasteiger charge is -2.19. The fraction of sp³-hybridized carbons (Fsp3) is 0.667. The third-order valence-corrected chi connectivity index (χ3v) is 1.84. The summed E-state index contributed by atoms with van der Waals surface area (Å²) < 4.78 is 0. The van der Waals surface area contributed by atoms with Gasteiger partial charge in [0.15, 0.2) is 0 Å². The highest BCUT2D eigenvalue weighted by molar-refractivity contribution is 5.64. The molecule has 0 atom stereocenters. The van der Waals surface area contributed by atoms with Crippen molar-refractivity contribution in [3.8, 4) is 0 Å². The first-order valence-electron chi connectivity index (χ1n) is 3.72. The Morgan fingerprint density at radius 1 is 1.40 bits per heavy atom. The Kier molecular flexibility index (Phi) is 4.01. The first kappa shape index (κ1) is 9.41. The van der Waals surface area contributed by atoms with Crippen molar-refractivity contribution >= 4 is 6.29 Å². The van der Waals surface area contributed by atoms with Crippen LogP contribution in [0.25, 0.3) is 0 Å². The number of rotatable bonds is 4. The summed E-state index contributed by atoms with van der Waals surface area (Å²) in [5.41, 5.74) is 0.347. The summed E-state index contributed by atoms with van der Waals surface area (Å²) in [7, 11) is 0. The zero-order valence-electron chi connectivity index (χ0n) is 7.05. The second-order valence-corrected chi connectivity index (χ2v) is 3.29. The summed E-state index contributed by atoms with van der Waals surface area (Å²) in [5, 5.41) is 0. The first-order chi connectivity index (χ1) is 4.62. The Bertz CT molecular complexity index is 123. The minimum absolute atomic E-state index is 0.347. The van der Waals surface area contributed by atoms with Gasteiger partial charge in [-0.25, -0.2) is 0 Å². The van der Waals surface area contributed by atoms with E-state index in [1.165, 1.54) is 0 Å². The van der Waals surface area contributed by atoms with E-state index in [9.17, 15) is 4.79 Å². The van der Waals surface area contributed by atoms with E-state index in [0.717, 1.165) is 19.1 Å². The van der Waals surface area contributed by atoms with Crippen LogP contribution in [0.1, 0.15) is 33.6 Å². The van der Waals surface area contributed by atoms with Crippen molar-refractivity contribution < 1.29 is 4.79 Å². The van der Waals surface area contributed by atoms with Crippen LogP contribution >= 0.6 is 0 Å². The zero-order chi connectivity index (χ0) is 8.04. The summed E-state index contributed by atoms with van der Waals surface area (Å²) in [5.74, 6) is 0. The molecule has 0 N–H and O–H groups in total. The Balaban J connectivity index is 3.66. The predicted molar refractivity (Wildman–Crippen MR) is 43.9 cm³/mol. The van der Waals surface area contributed by atoms with Gasteiger partial charge in [0, 0.05) is 0 Å². The van der Waals surface area contributed by atoms with Crippen molar-refractivity contribution in [3.05, 3.63) is 12.2 Å². The molecular weight excluding hydrogens is 124 g/mol. The van der Waals surface area contributed by atoms with Gasteiger partial charge in [0.05, 0.1) is 0 Å². The maximum atomic E-state index is 9.89. The molecule has 0 saturated heterocycles. The number of allylic oxidation sites excluding steroid dienone is 2. The SMILES string of the molecule is CCC(C)(C)CC=CC=O. The second kappa shape index (κ2) is 4.26. The molecule has 0 rings (SSSR count). The van der Waals surface area contributed by atoms with Gasteiger partial charge in [-0.05, 0) is 17.9 Å². The molecule has 0 aromatic heterocycles. The Morgan fingerprint density at radius 3 is 2.40 bits per heavy atom. The molecule has 0 aromatic carbocycles. The summed E-state index contributed by atoms with van der Waals surface area (Å²) >= 11 is 0. The predicted octanol–water partition coefficient (Wildman–Crippen LogP) is 2.57. The molecule has 0 heterocycles. The smallest absolute Gasteiger partial charge is 0.142 e. The molecule has 1 nitrogen and oxygen atoms in total. The molecule has 0 bridgehead atoms. The van der Waals surface area contributed by atoms with Crippen molar-refractivity contribution in [2.24, 2.45) is 5.41 Å². The van der Waals surface area contributed by atoms with E-state index in [4.69, 9.17) is 0 Å². The number of carbonyl (C=O) groups is 1. The molecular formula is C9H16O. The van der Waals surface area contributed by atoms with Gasteiger partial charge in [-0.15, -0.1) is 0 Å². The van der Waals surface area contributed by atoms with Crippen molar-refractivity contribution in [1.82, 2.24) is 0 Å². The normalized spacial score (nSPS) is 12.3. The average molecular weight is 140 g/mol. The van der Waals surface area contributed by atoms with E-state index in [0.29, 0.717) is 5.41 Å². The largest absolute Gasteiger partial charge is 0.299 e. The van der Waals surface area contributed by atoms with E-state index in [2.05, 4.69) is 20.8 Å². The van der Waals surface area contributed by atoms with Crippen LogP contribution in [0.15, 0.2) is 12.2 Å². The molecule has 0 saturated carbocycles. The molecule has 10 heavy (non-hydrogen) atoms. The molecule has 1 heteroatoms. The molecule has 0 unspecified atom stereocenters. The summed E-state index contributed by atoms with van der Waals surface area (Å²) in [6, 6.07) is 0. The van der Waals surface area contributed by atoms with Gasteiger partial charge >= 0.3 is 0 Å². The number of hydrogen-bond acceptors (Lipinski definition) is 1. The third-order valence-electron chi connectivity index (χ3n) is 1.84. The van der Waals surface area contributed by atoms with Crippen molar-refractivity contribution in [2.75, 3.05) is 0 Å². The maximum Gasteiger partial charge on any atom is 0.142 e. The molecule has 0 aliphatic heterocycles. The third kappa shape index (κ3) is 4.30. The summed E-state index contributed by atoms with van der Waals surface area (Å²) in [4.78, 5) is 9.89. The molecule has 0 spiro atoms. The highest BCUT2D eigenvalue weighted by Gasteiger charge is 2.11. The molecule has 0 aliphatic carbocycles. The quantitative estimate of drug-likeness (QED) is 0.433. The van der Waals surface area contributed by atoms with Crippen molar-refractivity contribution in [2.45, 2.75) is 33.6 Å². The monoisotopic (exact) mass is 140 g/mol. The molecule has 0 aliphatic rings. The summed E-state index contributed by atoms with van der Waals surface area (Å²) in [6.07, 6.45) is 6.46. The Hall–Kier alpha value is -0.590. The van der Waals surface area contributed by atoms with Gasteiger partial charge in [-0.2, -0.15) is 0 Å². The lowest BCUT2D eigenvalue weighted by atomic mass is 9.86. The zero-order valence-corrected chi connectivity index (χ0v) is 7.05. The Morgan fingerprint density at radius 2 is 2.00 bits per heavy atom. The topological polar surface area (TPSA) is 17.1 Å². The van der Waals surface area contributed by atoms with E-state index in [1.807, 2.05) is 6.08 Å². The van der Waals surface area contributed by atoms with Gasteiger partial charge in [0.1, 0.15) is 6.29 Å². The average Bonchev–Trinajstić information content (AvgIpc) is 1.89. The second-order valence-electron chi connectivity index (χ2n) is 3.29. The van der Waals surface area contributed by atoms with Gasteiger partial charge in [0.2, 0.25) is 0 Å². The molecule has 58 valence electrons. The van der Waals surface area contributed by atoms with E-state index in [-0.39, 0.29) is 0 Å². The Labute approximate surface area is 63.1 Å². The molecule has 0 aromatic rings. The van der Waals surface area contributed by atoms with Crippen LogP contribution in [0, 0.1) is 5.41 Å². The number of aldehydes is 1. The van der Waals surface area contributed by atoms with Gasteiger partial charge in [-0.1, -0.05) is 33.3 Å². The maximum absolute atomic E-state index is 9.89.